The highest BCUT2D eigenvalue weighted by Gasteiger charge is 2.20. The van der Waals surface area contributed by atoms with Crippen molar-refractivity contribution in [3.63, 3.8) is 0 Å². The standard InChI is InChI=1S/C34H29BrN2O4S/c1-4-37-31-15-11-24(33(39)27-8-6-5-7-21(27)2)17-28(31)29-18-25(12-16-32(29)37)34(40)30(36-41-22(3)38)20-42-19-23-9-13-26(35)14-10-23/h5-18H,4,19-20H2,1-3H3. The highest BCUT2D eigenvalue weighted by atomic mass is 79.9. The van der Waals surface area contributed by atoms with Gasteiger partial charge in [0.1, 0.15) is 5.71 Å². The summed E-state index contributed by atoms with van der Waals surface area (Å²) in [4.78, 5) is 43.5. The van der Waals surface area contributed by atoms with E-state index in [0.717, 1.165) is 44.0 Å². The van der Waals surface area contributed by atoms with Crippen molar-refractivity contribution in [1.82, 2.24) is 4.57 Å². The largest absolute Gasteiger partial charge is 0.341 e. The molecule has 0 aliphatic heterocycles. The van der Waals surface area contributed by atoms with E-state index in [1.165, 1.54) is 18.7 Å². The summed E-state index contributed by atoms with van der Waals surface area (Å²) in [5, 5.41) is 5.69. The van der Waals surface area contributed by atoms with Crippen molar-refractivity contribution in [3.8, 4) is 0 Å². The van der Waals surface area contributed by atoms with Crippen LogP contribution in [0.5, 0.6) is 0 Å². The maximum atomic E-state index is 13.7. The highest BCUT2D eigenvalue weighted by Crippen LogP contribution is 2.32. The summed E-state index contributed by atoms with van der Waals surface area (Å²) in [6.07, 6.45) is 0. The molecular formula is C34H29BrN2O4S. The molecule has 0 amide bonds. The molecule has 8 heteroatoms. The Balaban J connectivity index is 1.50. The van der Waals surface area contributed by atoms with Crippen molar-refractivity contribution in [2.75, 3.05) is 5.75 Å². The number of carbonyl (C=O) groups is 3. The molecule has 5 rings (SSSR count). The minimum absolute atomic E-state index is 0.0433. The topological polar surface area (TPSA) is 77.7 Å². The maximum absolute atomic E-state index is 13.7. The van der Waals surface area contributed by atoms with Gasteiger partial charge in [-0.1, -0.05) is 57.5 Å². The van der Waals surface area contributed by atoms with E-state index in [0.29, 0.717) is 22.4 Å². The van der Waals surface area contributed by atoms with E-state index in [2.05, 4.69) is 32.6 Å². The second-order valence-electron chi connectivity index (χ2n) is 9.92. The van der Waals surface area contributed by atoms with Gasteiger partial charge in [0.15, 0.2) is 5.78 Å². The fraction of sp³-hybridized carbons (Fsp3) is 0.176. The van der Waals surface area contributed by atoms with Gasteiger partial charge in [0.05, 0.1) is 0 Å². The van der Waals surface area contributed by atoms with Crippen LogP contribution in [0.2, 0.25) is 0 Å². The third-order valence-corrected chi connectivity index (χ3v) is 8.61. The molecule has 42 heavy (non-hydrogen) atoms. The molecule has 5 aromatic rings. The summed E-state index contributed by atoms with van der Waals surface area (Å²) in [5.74, 6) is -0.0124. The fourth-order valence-electron chi connectivity index (χ4n) is 4.98. The molecule has 4 aromatic carbocycles. The summed E-state index contributed by atoms with van der Waals surface area (Å²) in [5.41, 5.74) is 5.81. The van der Waals surface area contributed by atoms with Gasteiger partial charge in [-0.25, -0.2) is 4.79 Å². The van der Waals surface area contributed by atoms with Crippen LogP contribution in [0.1, 0.15) is 51.3 Å². The second-order valence-corrected chi connectivity index (χ2v) is 11.8. The summed E-state index contributed by atoms with van der Waals surface area (Å²) < 4.78 is 3.16. The molecule has 0 saturated heterocycles. The minimum Gasteiger partial charge on any atom is -0.341 e. The van der Waals surface area contributed by atoms with E-state index < -0.39 is 5.97 Å². The van der Waals surface area contributed by atoms with Crippen molar-refractivity contribution in [2.24, 2.45) is 5.16 Å². The molecule has 0 aliphatic carbocycles. The Morgan fingerprint density at radius 2 is 1.52 bits per heavy atom. The van der Waals surface area contributed by atoms with Gasteiger partial charge in [-0.05, 0) is 73.5 Å². The van der Waals surface area contributed by atoms with E-state index in [-0.39, 0.29) is 23.0 Å². The van der Waals surface area contributed by atoms with Gasteiger partial charge >= 0.3 is 5.97 Å². The van der Waals surface area contributed by atoms with Gasteiger partial charge in [0.2, 0.25) is 5.78 Å². The van der Waals surface area contributed by atoms with Crippen LogP contribution in [-0.4, -0.2) is 33.6 Å². The molecule has 0 saturated carbocycles. The monoisotopic (exact) mass is 640 g/mol. The number of nitrogens with zero attached hydrogens (tertiary/aromatic N) is 2. The molecule has 0 aliphatic rings. The van der Waals surface area contributed by atoms with Gasteiger partial charge in [-0.3, -0.25) is 9.59 Å². The molecule has 6 nitrogen and oxygen atoms in total. The quantitative estimate of drug-likeness (QED) is 0.0666. The Morgan fingerprint density at radius 1 is 0.881 bits per heavy atom. The van der Waals surface area contributed by atoms with Crippen molar-refractivity contribution in [3.05, 3.63) is 117 Å². The molecule has 0 unspecified atom stereocenters. The molecule has 0 fully saturated rings. The Bertz CT molecular complexity index is 1860. The number of Topliss-reactive ketones (excluding diaryl/α,β-unsaturated/α-hetero) is 1. The van der Waals surface area contributed by atoms with Crippen LogP contribution in [0.15, 0.2) is 94.6 Å². The highest BCUT2D eigenvalue weighted by molar-refractivity contribution is 9.10. The van der Waals surface area contributed by atoms with Gasteiger partial charge in [-0.15, -0.1) is 0 Å². The van der Waals surface area contributed by atoms with Gasteiger partial charge in [0, 0.05) is 67.9 Å². The average Bonchev–Trinajstić information content (AvgIpc) is 3.31. The lowest BCUT2D eigenvalue weighted by Gasteiger charge is -2.07. The van der Waals surface area contributed by atoms with Crippen molar-refractivity contribution < 1.29 is 19.2 Å². The summed E-state index contributed by atoms with van der Waals surface area (Å²) >= 11 is 4.95. The van der Waals surface area contributed by atoms with E-state index in [9.17, 15) is 14.4 Å². The Hall–Kier alpha value is -4.01. The second kappa shape index (κ2) is 12.9. The number of fused-ring (bicyclic) bond motifs is 3. The number of thioether (sulfide) groups is 1. The van der Waals surface area contributed by atoms with E-state index in [1.54, 1.807) is 6.07 Å². The molecule has 0 spiro atoms. The summed E-state index contributed by atoms with van der Waals surface area (Å²) in [7, 11) is 0. The molecule has 1 heterocycles. The van der Waals surface area contributed by atoms with Crippen LogP contribution in [-0.2, 0) is 21.9 Å². The number of oxime groups is 1. The smallest absolute Gasteiger partial charge is 0.331 e. The van der Waals surface area contributed by atoms with Crippen molar-refractivity contribution >= 4 is 72.7 Å². The first-order valence-electron chi connectivity index (χ1n) is 13.5. The third kappa shape index (κ3) is 6.25. The van der Waals surface area contributed by atoms with Gasteiger partial charge < -0.3 is 9.40 Å². The van der Waals surface area contributed by atoms with Gasteiger partial charge in [0.25, 0.3) is 0 Å². The molecule has 0 bridgehead atoms. The van der Waals surface area contributed by atoms with Crippen LogP contribution in [0.3, 0.4) is 0 Å². The number of rotatable bonds is 10. The predicted octanol–water partition coefficient (Wildman–Crippen LogP) is 8.15. The zero-order valence-corrected chi connectivity index (χ0v) is 25.9. The fourth-order valence-corrected chi connectivity index (χ4v) is 6.15. The lowest BCUT2D eigenvalue weighted by atomic mass is 9.97. The first-order valence-corrected chi connectivity index (χ1v) is 15.5. The maximum Gasteiger partial charge on any atom is 0.331 e. The van der Waals surface area contributed by atoms with E-state index in [1.807, 2.05) is 85.8 Å². The number of aromatic nitrogens is 1. The number of hydrogen-bond acceptors (Lipinski definition) is 6. The average molecular weight is 642 g/mol. The summed E-state index contributed by atoms with van der Waals surface area (Å²) in [6.45, 7) is 5.97. The first-order chi connectivity index (χ1) is 20.3. The zero-order chi connectivity index (χ0) is 29.8. The zero-order valence-electron chi connectivity index (χ0n) is 23.5. The van der Waals surface area contributed by atoms with Crippen LogP contribution in [0.25, 0.3) is 21.8 Å². The molecule has 0 N–H and O–H groups in total. The van der Waals surface area contributed by atoms with Crippen molar-refractivity contribution in [2.45, 2.75) is 33.1 Å². The lowest BCUT2D eigenvalue weighted by Crippen LogP contribution is -2.18. The van der Waals surface area contributed by atoms with Crippen LogP contribution < -0.4 is 0 Å². The normalized spacial score (nSPS) is 11.7. The Labute approximate surface area is 256 Å². The minimum atomic E-state index is -0.592. The molecule has 1 aromatic heterocycles. The molecule has 0 atom stereocenters. The van der Waals surface area contributed by atoms with Crippen LogP contribution >= 0.6 is 27.7 Å². The number of carbonyl (C=O) groups excluding carboxylic acids is 3. The van der Waals surface area contributed by atoms with E-state index in [4.69, 9.17) is 4.84 Å². The number of halogens is 1. The number of benzene rings is 4. The Kier molecular flexibility index (Phi) is 9.04. The Morgan fingerprint density at radius 3 is 2.17 bits per heavy atom. The SMILES string of the molecule is CCn1c2ccc(C(=O)C(CSCc3ccc(Br)cc3)=NOC(C)=O)cc2c2cc(C(=O)c3ccccc3C)ccc21. The molecule has 212 valence electrons. The number of ketones is 2. The number of hydrogen-bond donors (Lipinski definition) is 0. The lowest BCUT2D eigenvalue weighted by molar-refractivity contribution is -0.140. The number of aryl methyl sites for hydroxylation is 2. The first kappa shape index (κ1) is 29.5. The van der Waals surface area contributed by atoms with Crippen molar-refractivity contribution in [1.29, 1.82) is 0 Å². The molecule has 0 radical (unpaired) electrons. The van der Waals surface area contributed by atoms with Crippen LogP contribution in [0.4, 0.5) is 0 Å². The molecular weight excluding hydrogens is 612 g/mol. The van der Waals surface area contributed by atoms with Crippen LogP contribution in [0, 0.1) is 6.92 Å². The van der Waals surface area contributed by atoms with Gasteiger partial charge in [-0.2, -0.15) is 11.8 Å². The van der Waals surface area contributed by atoms with E-state index >= 15 is 0 Å². The predicted molar refractivity (Wildman–Crippen MR) is 174 cm³/mol. The summed E-state index contributed by atoms with van der Waals surface area (Å²) in [6, 6.07) is 26.8. The third-order valence-electron chi connectivity index (χ3n) is 7.06.